The van der Waals surface area contributed by atoms with Crippen molar-refractivity contribution in [3.05, 3.63) is 30.6 Å². The van der Waals surface area contributed by atoms with Gasteiger partial charge in [-0.3, -0.25) is 0 Å². The van der Waals surface area contributed by atoms with Crippen LogP contribution in [0.3, 0.4) is 0 Å². The molecule has 1 saturated heterocycles. The third kappa shape index (κ3) is 26.9. The standard InChI is InChI=1S/C16H36N4.2NO3.Zn/c1-13-11-15(3,4)19-10-8-18-14(2)12-16(5,6)20-9-7-17-13;2*2-1(3)4;/h13-14,17-20H,7-12H2,1-6H3;;;/q;2*-1;+2/t13-,14+;;;. The Balaban J connectivity index is -0.000000640. The van der Waals surface area contributed by atoms with Gasteiger partial charge in [-0.1, -0.05) is 0 Å². The van der Waals surface area contributed by atoms with Gasteiger partial charge in [-0.25, -0.2) is 0 Å². The predicted octanol–water partition coefficient (Wildman–Crippen LogP) is 0.992. The molecule has 0 amide bonds. The van der Waals surface area contributed by atoms with Crippen molar-refractivity contribution in [2.45, 2.75) is 77.5 Å². The summed E-state index contributed by atoms with van der Waals surface area (Å²) in [5.74, 6) is 0. The first kappa shape index (κ1) is 32.5. The minimum absolute atomic E-state index is 0. The number of nitrogens with zero attached hydrogens (tertiary/aromatic N) is 2. The van der Waals surface area contributed by atoms with Crippen LogP contribution < -0.4 is 21.3 Å². The minimum atomic E-state index is -1.75. The molecule has 0 radical (unpaired) electrons. The molecule has 0 aliphatic carbocycles. The first-order valence-corrected chi connectivity index (χ1v) is 9.27. The fourth-order valence-electron chi connectivity index (χ4n) is 3.26. The predicted molar refractivity (Wildman–Crippen MR) is 109 cm³/mol. The Morgan fingerprint density at radius 1 is 0.690 bits per heavy atom. The van der Waals surface area contributed by atoms with Gasteiger partial charge in [0, 0.05) is 49.3 Å². The Hall–Kier alpha value is -1.14. The molecule has 29 heavy (non-hydrogen) atoms. The van der Waals surface area contributed by atoms with Crippen molar-refractivity contribution < 1.29 is 29.7 Å². The number of nitrogens with one attached hydrogen (secondary N) is 4. The summed E-state index contributed by atoms with van der Waals surface area (Å²) in [6.45, 7) is 17.8. The van der Waals surface area contributed by atoms with E-state index < -0.39 is 10.2 Å². The molecule has 1 heterocycles. The summed E-state index contributed by atoms with van der Waals surface area (Å²) in [5, 5.41) is 44.1. The summed E-state index contributed by atoms with van der Waals surface area (Å²) in [7, 11) is 0. The van der Waals surface area contributed by atoms with E-state index in [2.05, 4.69) is 62.8 Å². The molecule has 1 aliphatic heterocycles. The van der Waals surface area contributed by atoms with Gasteiger partial charge in [0.05, 0.1) is 10.2 Å². The summed E-state index contributed by atoms with van der Waals surface area (Å²) >= 11 is 0. The van der Waals surface area contributed by atoms with Gasteiger partial charge in [0.1, 0.15) is 0 Å². The van der Waals surface area contributed by atoms with Crippen molar-refractivity contribution in [2.75, 3.05) is 26.2 Å². The Kier molecular flexibility index (Phi) is 18.7. The van der Waals surface area contributed by atoms with Crippen LogP contribution in [-0.4, -0.2) is 59.5 Å². The molecule has 13 heteroatoms. The molecule has 168 valence electrons. The molecule has 1 fully saturated rings. The van der Waals surface area contributed by atoms with E-state index in [1.54, 1.807) is 0 Å². The number of hydrogen-bond donors (Lipinski definition) is 4. The molecule has 1 rings (SSSR count). The fourth-order valence-corrected chi connectivity index (χ4v) is 3.26. The van der Waals surface area contributed by atoms with Crippen molar-refractivity contribution in [3.63, 3.8) is 0 Å². The zero-order valence-corrected chi connectivity index (χ0v) is 21.4. The molecule has 0 aromatic carbocycles. The van der Waals surface area contributed by atoms with Crippen LogP contribution >= 0.6 is 0 Å². The zero-order valence-electron chi connectivity index (χ0n) is 18.4. The van der Waals surface area contributed by atoms with Gasteiger partial charge in [-0.05, 0) is 54.4 Å². The maximum Gasteiger partial charge on any atom is 2.00 e. The van der Waals surface area contributed by atoms with E-state index in [4.69, 9.17) is 30.6 Å². The molecule has 0 bridgehead atoms. The van der Waals surface area contributed by atoms with E-state index in [9.17, 15) is 0 Å². The van der Waals surface area contributed by atoms with Gasteiger partial charge in [-0.2, -0.15) is 0 Å². The molecule has 12 nitrogen and oxygen atoms in total. The summed E-state index contributed by atoms with van der Waals surface area (Å²) in [6, 6.07) is 1.08. The fraction of sp³-hybridized carbons (Fsp3) is 1.00. The van der Waals surface area contributed by atoms with E-state index in [0.717, 1.165) is 39.0 Å². The summed E-state index contributed by atoms with van der Waals surface area (Å²) in [5.41, 5.74) is 0.377. The molecule has 1 aliphatic rings. The second kappa shape index (κ2) is 16.6. The Bertz CT molecular complexity index is 408. The number of hydrogen-bond acceptors (Lipinski definition) is 10. The zero-order chi connectivity index (χ0) is 22.4. The summed E-state index contributed by atoms with van der Waals surface area (Å²) in [6.07, 6.45) is 2.29. The molecular weight excluding hydrogens is 438 g/mol. The van der Waals surface area contributed by atoms with Gasteiger partial charge >= 0.3 is 19.5 Å². The van der Waals surface area contributed by atoms with E-state index >= 15 is 0 Å². The third-order valence-electron chi connectivity index (χ3n) is 4.08. The molecule has 0 unspecified atom stereocenters. The third-order valence-corrected chi connectivity index (χ3v) is 4.08. The van der Waals surface area contributed by atoms with Gasteiger partial charge in [-0.15, -0.1) is 0 Å². The van der Waals surface area contributed by atoms with E-state index in [0.29, 0.717) is 12.1 Å². The molecule has 0 aromatic rings. The summed E-state index contributed by atoms with van der Waals surface area (Å²) in [4.78, 5) is 16.5. The monoisotopic (exact) mass is 472 g/mol. The molecule has 0 saturated carbocycles. The largest absolute Gasteiger partial charge is 2.00 e. The van der Waals surface area contributed by atoms with Crippen LogP contribution in [0.25, 0.3) is 0 Å². The van der Waals surface area contributed by atoms with Crippen LogP contribution in [0.15, 0.2) is 0 Å². The van der Waals surface area contributed by atoms with E-state index in [1.807, 2.05) is 0 Å². The average Bonchev–Trinajstić information content (AvgIpc) is 2.45. The van der Waals surface area contributed by atoms with E-state index in [-0.39, 0.29) is 30.6 Å². The molecular formula is C16H36N6O6Zn. The van der Waals surface area contributed by atoms with Gasteiger partial charge in [0.15, 0.2) is 0 Å². The second-order valence-electron chi connectivity index (χ2n) is 8.19. The van der Waals surface area contributed by atoms with Crippen LogP contribution in [0.1, 0.15) is 54.4 Å². The SMILES string of the molecule is C[C@@H]1CC(C)(C)NCCN[C@@H](C)CC(C)(C)NCCN1.O=[N+]([O-])[O-].O=[N+]([O-])[O-].[Zn+2]. The Morgan fingerprint density at radius 3 is 1.17 bits per heavy atom. The minimum Gasteiger partial charge on any atom is -0.356 e. The Morgan fingerprint density at radius 2 is 0.931 bits per heavy atom. The van der Waals surface area contributed by atoms with Crippen LogP contribution in [-0.2, 0) is 19.5 Å². The Labute approximate surface area is 185 Å². The molecule has 0 aromatic heterocycles. The smallest absolute Gasteiger partial charge is 0.356 e. The molecule has 2 atom stereocenters. The van der Waals surface area contributed by atoms with Crippen molar-refractivity contribution in [1.82, 2.24) is 21.3 Å². The molecule has 0 spiro atoms. The normalized spacial score (nSPS) is 24.6. The van der Waals surface area contributed by atoms with Crippen molar-refractivity contribution in [1.29, 1.82) is 0 Å². The topological polar surface area (TPSA) is 181 Å². The van der Waals surface area contributed by atoms with Crippen LogP contribution in [0.5, 0.6) is 0 Å². The maximum absolute atomic E-state index is 8.25. The van der Waals surface area contributed by atoms with Gasteiger partial charge in [0.2, 0.25) is 0 Å². The quantitative estimate of drug-likeness (QED) is 0.225. The van der Waals surface area contributed by atoms with Crippen molar-refractivity contribution in [2.24, 2.45) is 0 Å². The van der Waals surface area contributed by atoms with Gasteiger partial charge < -0.3 is 51.9 Å². The van der Waals surface area contributed by atoms with Crippen LogP contribution in [0, 0.1) is 30.6 Å². The van der Waals surface area contributed by atoms with Crippen molar-refractivity contribution >= 4 is 0 Å². The first-order chi connectivity index (χ1) is 12.7. The average molecular weight is 474 g/mol. The van der Waals surface area contributed by atoms with Gasteiger partial charge in [0.25, 0.3) is 0 Å². The molecule has 4 N–H and O–H groups in total. The second-order valence-corrected chi connectivity index (χ2v) is 8.19. The maximum atomic E-state index is 8.25. The van der Waals surface area contributed by atoms with Crippen LogP contribution in [0.2, 0.25) is 0 Å². The van der Waals surface area contributed by atoms with E-state index in [1.165, 1.54) is 0 Å². The van der Waals surface area contributed by atoms with Crippen LogP contribution in [0.4, 0.5) is 0 Å². The summed E-state index contributed by atoms with van der Waals surface area (Å²) < 4.78 is 0. The first-order valence-electron chi connectivity index (χ1n) is 9.27. The number of rotatable bonds is 0. The van der Waals surface area contributed by atoms with Crippen molar-refractivity contribution in [3.8, 4) is 0 Å².